The van der Waals surface area contributed by atoms with Crippen molar-refractivity contribution >= 4 is 28.6 Å². The predicted octanol–water partition coefficient (Wildman–Crippen LogP) is 3.39. The molecule has 0 spiro atoms. The first-order valence-electron chi connectivity index (χ1n) is 6.32. The van der Waals surface area contributed by atoms with Gasteiger partial charge in [0, 0.05) is 17.5 Å². The molecule has 106 valence electrons. The molecular formula is C16H14N2O2S. The zero-order valence-corrected chi connectivity index (χ0v) is 12.1. The van der Waals surface area contributed by atoms with Crippen LogP contribution < -0.4 is 5.32 Å². The van der Waals surface area contributed by atoms with E-state index in [1.807, 2.05) is 6.07 Å². The molecule has 0 aliphatic rings. The predicted molar refractivity (Wildman–Crippen MR) is 85.6 cm³/mol. The number of amides is 1. The van der Waals surface area contributed by atoms with E-state index in [4.69, 9.17) is 0 Å². The summed E-state index contributed by atoms with van der Waals surface area (Å²) in [6.45, 7) is 3.58. The summed E-state index contributed by atoms with van der Waals surface area (Å²) < 4.78 is 0. The van der Waals surface area contributed by atoms with Crippen molar-refractivity contribution in [1.29, 1.82) is 0 Å². The second kappa shape index (κ2) is 7.40. The minimum Gasteiger partial charge on any atom is -0.306 e. The Bertz CT molecular complexity index is 656. The Labute approximate surface area is 127 Å². The molecule has 0 aliphatic carbocycles. The number of carbonyl (C=O) groups excluding carboxylic acids is 2. The molecule has 0 saturated heterocycles. The third kappa shape index (κ3) is 4.03. The van der Waals surface area contributed by atoms with Crippen LogP contribution >= 0.6 is 11.8 Å². The summed E-state index contributed by atoms with van der Waals surface area (Å²) >= 11 is 1.12. The van der Waals surface area contributed by atoms with E-state index < -0.39 is 0 Å². The normalized spacial score (nSPS) is 9.90. The van der Waals surface area contributed by atoms with Gasteiger partial charge in [0.15, 0.2) is 0 Å². The monoisotopic (exact) mass is 298 g/mol. The van der Waals surface area contributed by atoms with Gasteiger partial charge in [0.25, 0.3) is 5.91 Å². The Hall–Kier alpha value is -2.40. The Balaban J connectivity index is 2.19. The average Bonchev–Trinajstić information content (AvgIpc) is 2.54. The maximum atomic E-state index is 12.1. The molecule has 1 aromatic carbocycles. The van der Waals surface area contributed by atoms with Crippen molar-refractivity contribution in [3.05, 3.63) is 72.4 Å². The number of anilines is 1. The molecule has 1 aromatic heterocycles. The molecule has 2 rings (SSSR count). The van der Waals surface area contributed by atoms with Crippen molar-refractivity contribution in [1.82, 2.24) is 4.98 Å². The van der Waals surface area contributed by atoms with E-state index in [1.54, 1.807) is 42.5 Å². The first-order chi connectivity index (χ1) is 10.2. The minimum absolute atomic E-state index is 0.147. The van der Waals surface area contributed by atoms with Crippen molar-refractivity contribution in [2.24, 2.45) is 0 Å². The van der Waals surface area contributed by atoms with Crippen LogP contribution in [0.25, 0.3) is 0 Å². The summed E-state index contributed by atoms with van der Waals surface area (Å²) in [7, 11) is 0. The molecule has 0 fully saturated rings. The Morgan fingerprint density at radius 2 is 1.95 bits per heavy atom. The lowest BCUT2D eigenvalue weighted by molar-refractivity contribution is 0.102. The number of hydrogen-bond acceptors (Lipinski definition) is 4. The highest BCUT2D eigenvalue weighted by Gasteiger charge is 2.15. The largest absolute Gasteiger partial charge is 0.306 e. The molecule has 0 bridgehead atoms. The van der Waals surface area contributed by atoms with Gasteiger partial charge in [-0.05, 0) is 24.3 Å². The SMILES string of the molecule is C=CCSC(=O)c1cccnc1NC(=O)c1ccccc1. The van der Waals surface area contributed by atoms with Crippen LogP contribution in [0, 0.1) is 0 Å². The van der Waals surface area contributed by atoms with Gasteiger partial charge in [0.2, 0.25) is 5.12 Å². The zero-order chi connectivity index (χ0) is 15.1. The number of thioether (sulfide) groups is 1. The fraction of sp³-hybridized carbons (Fsp3) is 0.0625. The minimum atomic E-state index is -0.294. The van der Waals surface area contributed by atoms with Crippen LogP contribution in [0.3, 0.4) is 0 Å². The van der Waals surface area contributed by atoms with Crippen LogP contribution in [0.5, 0.6) is 0 Å². The molecular weight excluding hydrogens is 284 g/mol. The van der Waals surface area contributed by atoms with E-state index in [9.17, 15) is 9.59 Å². The molecule has 0 saturated carbocycles. The van der Waals surface area contributed by atoms with Crippen LogP contribution in [-0.4, -0.2) is 21.8 Å². The molecule has 0 aliphatic heterocycles. The van der Waals surface area contributed by atoms with Gasteiger partial charge in [0.05, 0.1) is 5.56 Å². The Kier molecular flexibility index (Phi) is 5.29. The highest BCUT2D eigenvalue weighted by Crippen LogP contribution is 2.19. The molecule has 5 heteroatoms. The number of hydrogen-bond donors (Lipinski definition) is 1. The van der Waals surface area contributed by atoms with Crippen molar-refractivity contribution in [3.63, 3.8) is 0 Å². The quantitative estimate of drug-likeness (QED) is 0.860. The van der Waals surface area contributed by atoms with Gasteiger partial charge >= 0.3 is 0 Å². The molecule has 4 nitrogen and oxygen atoms in total. The van der Waals surface area contributed by atoms with E-state index in [2.05, 4.69) is 16.9 Å². The van der Waals surface area contributed by atoms with E-state index >= 15 is 0 Å². The smallest absolute Gasteiger partial charge is 0.256 e. The number of carbonyl (C=O) groups is 2. The molecule has 1 amide bonds. The number of aromatic nitrogens is 1. The molecule has 0 atom stereocenters. The lowest BCUT2D eigenvalue weighted by Gasteiger charge is -2.08. The third-order valence-electron chi connectivity index (χ3n) is 2.63. The molecule has 21 heavy (non-hydrogen) atoms. The summed E-state index contributed by atoms with van der Waals surface area (Å²) in [4.78, 5) is 28.3. The molecule has 2 aromatic rings. The maximum Gasteiger partial charge on any atom is 0.256 e. The second-order valence-electron chi connectivity index (χ2n) is 4.11. The molecule has 0 radical (unpaired) electrons. The molecule has 1 N–H and O–H groups in total. The average molecular weight is 298 g/mol. The van der Waals surface area contributed by atoms with E-state index in [0.29, 0.717) is 16.9 Å². The lowest BCUT2D eigenvalue weighted by Crippen LogP contribution is -2.15. The van der Waals surface area contributed by atoms with Crippen LogP contribution in [0.15, 0.2) is 61.3 Å². The first-order valence-corrected chi connectivity index (χ1v) is 7.30. The number of pyridine rings is 1. The van der Waals surface area contributed by atoms with E-state index in [1.165, 1.54) is 6.20 Å². The van der Waals surface area contributed by atoms with Crippen LogP contribution in [0.1, 0.15) is 20.7 Å². The van der Waals surface area contributed by atoms with Crippen molar-refractivity contribution < 1.29 is 9.59 Å². The maximum absolute atomic E-state index is 12.1. The summed E-state index contributed by atoms with van der Waals surface area (Å²) in [5.74, 6) is 0.491. The van der Waals surface area contributed by atoms with Gasteiger partial charge in [-0.2, -0.15) is 0 Å². The van der Waals surface area contributed by atoms with Gasteiger partial charge in [-0.15, -0.1) is 6.58 Å². The molecule has 0 unspecified atom stereocenters. The fourth-order valence-electron chi connectivity index (χ4n) is 1.65. The lowest BCUT2D eigenvalue weighted by atomic mass is 10.2. The highest BCUT2D eigenvalue weighted by molar-refractivity contribution is 8.14. The van der Waals surface area contributed by atoms with E-state index in [-0.39, 0.29) is 16.8 Å². The van der Waals surface area contributed by atoms with Crippen LogP contribution in [0.2, 0.25) is 0 Å². The van der Waals surface area contributed by atoms with Gasteiger partial charge in [-0.1, -0.05) is 36.0 Å². The van der Waals surface area contributed by atoms with Crippen LogP contribution in [0.4, 0.5) is 5.82 Å². The first kappa shape index (κ1) is 15.0. The van der Waals surface area contributed by atoms with Gasteiger partial charge in [-0.25, -0.2) is 4.98 Å². The van der Waals surface area contributed by atoms with Crippen molar-refractivity contribution in [3.8, 4) is 0 Å². The van der Waals surface area contributed by atoms with Crippen molar-refractivity contribution in [2.45, 2.75) is 0 Å². The summed E-state index contributed by atoms with van der Waals surface area (Å²) in [5, 5.41) is 2.53. The van der Waals surface area contributed by atoms with E-state index in [0.717, 1.165) is 11.8 Å². The molecule has 1 heterocycles. The Morgan fingerprint density at radius 1 is 1.19 bits per heavy atom. The number of nitrogens with zero attached hydrogens (tertiary/aromatic N) is 1. The zero-order valence-electron chi connectivity index (χ0n) is 11.3. The van der Waals surface area contributed by atoms with Gasteiger partial charge in [0.1, 0.15) is 5.82 Å². The number of benzene rings is 1. The standard InChI is InChI=1S/C16H14N2O2S/c1-2-11-21-16(20)13-9-6-10-17-14(13)18-15(19)12-7-4-3-5-8-12/h2-10H,1,11H2,(H,17,18,19). The van der Waals surface area contributed by atoms with Crippen LogP contribution in [-0.2, 0) is 0 Å². The van der Waals surface area contributed by atoms with Crippen molar-refractivity contribution in [2.75, 3.05) is 11.1 Å². The highest BCUT2D eigenvalue weighted by atomic mass is 32.2. The summed E-state index contributed by atoms with van der Waals surface area (Å²) in [6, 6.07) is 12.1. The topological polar surface area (TPSA) is 59.1 Å². The third-order valence-corrected chi connectivity index (χ3v) is 3.51. The Morgan fingerprint density at radius 3 is 2.67 bits per heavy atom. The fourth-order valence-corrected chi connectivity index (χ4v) is 2.24. The number of nitrogens with one attached hydrogen (secondary N) is 1. The van der Waals surface area contributed by atoms with Gasteiger partial charge in [-0.3, -0.25) is 9.59 Å². The summed E-state index contributed by atoms with van der Waals surface area (Å²) in [6.07, 6.45) is 3.19. The number of rotatable bonds is 5. The van der Waals surface area contributed by atoms with Gasteiger partial charge < -0.3 is 5.32 Å². The summed E-state index contributed by atoms with van der Waals surface area (Å²) in [5.41, 5.74) is 0.897. The second-order valence-corrected chi connectivity index (χ2v) is 5.10.